The summed E-state index contributed by atoms with van der Waals surface area (Å²) in [4.78, 5) is 71.9. The van der Waals surface area contributed by atoms with E-state index in [2.05, 4.69) is 0 Å². The molecule has 1 saturated carbocycles. The molecule has 0 aromatic rings. The fourth-order valence-corrected chi connectivity index (χ4v) is 11.0. The highest BCUT2D eigenvalue weighted by molar-refractivity contribution is 7.99. The number of hydrogen-bond acceptors (Lipinski definition) is 13. The molecule has 1 amide bonds. The van der Waals surface area contributed by atoms with E-state index in [0.29, 0.717) is 63.4 Å². The number of carbonyl (C=O) groups is 5. The van der Waals surface area contributed by atoms with Crippen LogP contribution in [-0.4, -0.2) is 130 Å². The number of rotatable bonds is 6. The van der Waals surface area contributed by atoms with E-state index < -0.39 is 77.8 Å². The number of aliphatic hydroxyl groups is 3. The number of cyclic esters (lactones) is 1. The number of ketones is 3. The average Bonchev–Trinajstić information content (AvgIpc) is 3.28. The molecule has 4 rings (SSSR count). The zero-order valence-electron chi connectivity index (χ0n) is 40.6. The zero-order chi connectivity index (χ0) is 48.2. The van der Waals surface area contributed by atoms with Gasteiger partial charge in [0.15, 0.2) is 5.78 Å². The largest absolute Gasteiger partial charge is 0.460 e. The number of aliphatic hydroxyl groups excluding tert-OH is 2. The van der Waals surface area contributed by atoms with Crippen molar-refractivity contribution in [1.29, 1.82) is 0 Å². The van der Waals surface area contributed by atoms with Gasteiger partial charge in [0.25, 0.3) is 11.7 Å². The van der Waals surface area contributed by atoms with Crippen molar-refractivity contribution < 1.29 is 58.2 Å². The summed E-state index contributed by atoms with van der Waals surface area (Å²) in [6, 6.07) is -1.12. The first-order valence-electron chi connectivity index (χ1n) is 23.9. The number of carbonyl (C=O) groups excluding carboxylic acids is 5. The number of Topliss-reactive ketones (excluding diaryl/α,β-unsaturated/α-hetero) is 3. The van der Waals surface area contributed by atoms with E-state index in [1.807, 2.05) is 64.3 Å². The van der Waals surface area contributed by atoms with Gasteiger partial charge in [-0.15, -0.1) is 0 Å². The van der Waals surface area contributed by atoms with Crippen molar-refractivity contribution in [3.8, 4) is 0 Å². The Balaban J connectivity index is 1.70. The van der Waals surface area contributed by atoms with Crippen LogP contribution in [0.25, 0.3) is 0 Å². The number of methoxy groups -OCH3 is 2. The first-order chi connectivity index (χ1) is 30.7. The highest BCUT2D eigenvalue weighted by Gasteiger charge is 2.53. The molecule has 2 saturated heterocycles. The van der Waals surface area contributed by atoms with Crippen molar-refractivity contribution in [1.82, 2.24) is 4.90 Å². The summed E-state index contributed by atoms with van der Waals surface area (Å²) in [7, 11) is 2.96. The summed E-state index contributed by atoms with van der Waals surface area (Å²) in [6.07, 6.45) is 14.4. The lowest BCUT2D eigenvalue weighted by Crippen LogP contribution is -2.60. The first-order valence-corrected chi connectivity index (χ1v) is 25.2. The Morgan fingerprint density at radius 1 is 0.892 bits per heavy atom. The van der Waals surface area contributed by atoms with Crippen molar-refractivity contribution in [2.75, 3.05) is 27.0 Å². The van der Waals surface area contributed by atoms with Crippen LogP contribution in [0.15, 0.2) is 47.6 Å². The second kappa shape index (κ2) is 25.4. The third-order valence-corrected chi connectivity index (χ3v) is 15.6. The van der Waals surface area contributed by atoms with Crippen LogP contribution in [-0.2, 0) is 42.9 Å². The molecule has 1 aliphatic carbocycles. The maximum Gasteiger partial charge on any atom is 0.329 e. The molecule has 0 radical (unpaired) electrons. The Kier molecular flexibility index (Phi) is 21.3. The maximum atomic E-state index is 14.4. The van der Waals surface area contributed by atoms with Crippen LogP contribution in [0.4, 0.5) is 0 Å². The van der Waals surface area contributed by atoms with Gasteiger partial charge >= 0.3 is 5.97 Å². The molecule has 65 heavy (non-hydrogen) atoms. The SMILES string of the molecule is CO[C@@H]1C[C@H](C[C@@H](C)C2CC(=O)[C@H](C)/C=C(\C)[C@@H](O)[C@@H](OC)C(=O)[C@H](C)C[C@H](C)/C=C/C=C/C=C(\C)[C@H](SC)C[C@@H]3CC[C@@H](C)[C@@](O)(O3)C(=O)C(=O)N3CCCC[C@H]3C(=O)O2)CC[C@H]1O. The van der Waals surface area contributed by atoms with Gasteiger partial charge in [-0.1, -0.05) is 76.6 Å². The Labute approximate surface area is 392 Å². The maximum absolute atomic E-state index is 14.4. The van der Waals surface area contributed by atoms with E-state index in [0.717, 1.165) is 12.0 Å². The number of nitrogens with zero attached hydrogens (tertiary/aromatic N) is 1. The number of ether oxygens (including phenoxy) is 4. The third kappa shape index (κ3) is 14.5. The molecule has 3 aliphatic heterocycles. The highest BCUT2D eigenvalue weighted by Crippen LogP contribution is 2.38. The smallest absolute Gasteiger partial charge is 0.329 e. The number of fused-ring (bicyclic) bond motifs is 3. The van der Waals surface area contributed by atoms with Crippen LogP contribution in [0.3, 0.4) is 0 Å². The number of amides is 1. The Bertz CT molecular complexity index is 1760. The molecule has 15 atom stereocenters. The fraction of sp³-hybridized carbons (Fsp3) is 0.745. The molecule has 2 bridgehead atoms. The molecule has 3 N–H and O–H groups in total. The van der Waals surface area contributed by atoms with Crippen LogP contribution in [0.5, 0.6) is 0 Å². The molecular weight excluding hydrogens is 851 g/mol. The van der Waals surface area contributed by atoms with Gasteiger partial charge < -0.3 is 39.2 Å². The summed E-state index contributed by atoms with van der Waals surface area (Å²) < 4.78 is 23.6. The minimum absolute atomic E-state index is 0.000885. The second-order valence-corrected chi connectivity index (χ2v) is 20.6. The molecule has 366 valence electrons. The standard InChI is InChI=1S/C51H79NO12S/c1-30-16-12-11-13-17-31(2)44(65-10)28-38-21-19-36(7)51(60,64-38)48(57)49(58)52-23-15-14-18-39(52)50(59)63-42(33(4)26-37-20-22-40(53)43(27-37)61-8)29-41(54)32(3)25-35(6)46(56)47(62-9)45(55)34(5)24-30/h11-13,16-17,25,30,32-34,36-40,42-44,46-47,53,56,60H,14-15,18-24,26-29H2,1-10H3/b13-11+,16-12+,31-17+,35-25+/t30-,32-,33-,34-,36-,37+,38+,39+,40-,42?,43-,44-,46-,47+,51-/m1/s1. The Hall–Kier alpha value is -2.98. The summed E-state index contributed by atoms with van der Waals surface area (Å²) in [5, 5.41) is 33.9. The van der Waals surface area contributed by atoms with Crippen LogP contribution in [0.1, 0.15) is 126 Å². The topological polar surface area (TPSA) is 186 Å². The highest BCUT2D eigenvalue weighted by atomic mass is 32.2. The van der Waals surface area contributed by atoms with Gasteiger partial charge in [0.05, 0.1) is 18.3 Å². The minimum Gasteiger partial charge on any atom is -0.460 e. The van der Waals surface area contributed by atoms with Crippen molar-refractivity contribution in [3.63, 3.8) is 0 Å². The molecule has 1 unspecified atom stereocenters. The molecular formula is C51H79NO12S. The first kappa shape index (κ1) is 54.6. The molecule has 4 aliphatic rings. The van der Waals surface area contributed by atoms with E-state index in [1.54, 1.807) is 45.7 Å². The summed E-state index contributed by atoms with van der Waals surface area (Å²) >= 11 is 1.63. The predicted molar refractivity (Wildman–Crippen MR) is 252 cm³/mol. The second-order valence-electron chi connectivity index (χ2n) is 19.6. The van der Waals surface area contributed by atoms with Crippen LogP contribution in [0, 0.1) is 35.5 Å². The van der Waals surface area contributed by atoms with E-state index >= 15 is 0 Å². The number of esters is 1. The van der Waals surface area contributed by atoms with E-state index in [4.69, 9.17) is 18.9 Å². The zero-order valence-corrected chi connectivity index (χ0v) is 41.4. The predicted octanol–water partition coefficient (Wildman–Crippen LogP) is 6.90. The molecule has 0 aromatic heterocycles. The Morgan fingerprint density at radius 2 is 1.62 bits per heavy atom. The van der Waals surface area contributed by atoms with Gasteiger partial charge in [0, 0.05) is 50.2 Å². The number of allylic oxidation sites excluding steroid dienone is 6. The van der Waals surface area contributed by atoms with Crippen LogP contribution < -0.4 is 0 Å². The van der Waals surface area contributed by atoms with E-state index in [9.17, 15) is 39.3 Å². The lowest BCUT2D eigenvalue weighted by molar-refractivity contribution is -0.263. The van der Waals surface area contributed by atoms with Gasteiger partial charge in [-0.05, 0) is 114 Å². The fourth-order valence-electron chi connectivity index (χ4n) is 10.1. The van der Waals surface area contributed by atoms with Crippen molar-refractivity contribution >= 4 is 41.0 Å². The van der Waals surface area contributed by atoms with Crippen LogP contribution >= 0.6 is 11.8 Å². The average molecular weight is 930 g/mol. The Morgan fingerprint density at radius 3 is 2.29 bits per heavy atom. The number of piperidine rings is 1. The number of hydrogen-bond donors (Lipinski definition) is 3. The normalized spacial score (nSPS) is 40.4. The van der Waals surface area contributed by atoms with E-state index in [1.165, 1.54) is 12.0 Å². The van der Waals surface area contributed by atoms with Crippen molar-refractivity contribution in [3.05, 3.63) is 47.6 Å². The molecule has 3 fully saturated rings. The molecule has 0 spiro atoms. The van der Waals surface area contributed by atoms with Gasteiger partial charge in [-0.25, -0.2) is 4.79 Å². The molecule has 0 aromatic carbocycles. The quantitative estimate of drug-likeness (QED) is 0.142. The van der Waals surface area contributed by atoms with Gasteiger partial charge in [0.1, 0.15) is 30.1 Å². The van der Waals surface area contributed by atoms with Gasteiger partial charge in [-0.3, -0.25) is 19.2 Å². The number of thioether (sulfide) groups is 1. The summed E-state index contributed by atoms with van der Waals surface area (Å²) in [6.45, 7) is 12.9. The summed E-state index contributed by atoms with van der Waals surface area (Å²) in [5.41, 5.74) is 1.46. The lowest BCUT2D eigenvalue weighted by Gasteiger charge is -2.42. The minimum atomic E-state index is -2.38. The van der Waals surface area contributed by atoms with Gasteiger partial charge in [-0.2, -0.15) is 11.8 Å². The molecule has 13 nitrogen and oxygen atoms in total. The van der Waals surface area contributed by atoms with Gasteiger partial charge in [0.2, 0.25) is 5.79 Å². The molecule has 3 heterocycles. The van der Waals surface area contributed by atoms with E-state index in [-0.39, 0.29) is 60.1 Å². The molecule has 14 heteroatoms. The lowest BCUT2D eigenvalue weighted by atomic mass is 9.78. The monoisotopic (exact) mass is 930 g/mol. The van der Waals surface area contributed by atoms with Crippen LogP contribution in [0.2, 0.25) is 0 Å². The third-order valence-electron chi connectivity index (χ3n) is 14.5. The van der Waals surface area contributed by atoms with Crippen molar-refractivity contribution in [2.24, 2.45) is 35.5 Å². The van der Waals surface area contributed by atoms with Crippen molar-refractivity contribution in [2.45, 2.75) is 179 Å². The summed E-state index contributed by atoms with van der Waals surface area (Å²) in [5.74, 6) is -7.73.